The minimum atomic E-state index is -0.782. The van der Waals surface area contributed by atoms with Crippen LogP contribution in [0.2, 0.25) is 0 Å². The average molecular weight is 424 g/mol. The molecule has 3 rings (SSSR count). The van der Waals surface area contributed by atoms with Crippen LogP contribution < -0.4 is 10.1 Å². The lowest BCUT2D eigenvalue weighted by atomic mass is 10.0. The van der Waals surface area contributed by atoms with Gasteiger partial charge >= 0.3 is 11.8 Å². The Kier molecular flexibility index (Phi) is 6.65. The van der Waals surface area contributed by atoms with E-state index in [0.717, 1.165) is 45.0 Å². The van der Waals surface area contributed by atoms with Crippen molar-refractivity contribution in [2.24, 2.45) is 5.92 Å². The van der Waals surface area contributed by atoms with E-state index in [-0.39, 0.29) is 0 Å². The lowest BCUT2D eigenvalue weighted by Gasteiger charge is -2.16. The van der Waals surface area contributed by atoms with Crippen molar-refractivity contribution in [3.05, 3.63) is 53.2 Å². The van der Waals surface area contributed by atoms with E-state index >= 15 is 0 Å². The smallest absolute Gasteiger partial charge is 0.335 e. The van der Waals surface area contributed by atoms with E-state index < -0.39 is 11.8 Å². The summed E-state index contributed by atoms with van der Waals surface area (Å²) >= 11 is 0. The Labute approximate surface area is 182 Å². The molecule has 0 saturated heterocycles. The molecule has 3 aromatic rings. The van der Waals surface area contributed by atoms with Crippen LogP contribution in [-0.4, -0.2) is 36.0 Å². The van der Waals surface area contributed by atoms with Crippen LogP contribution >= 0.6 is 0 Å². The second-order valence-electron chi connectivity index (χ2n) is 8.10. The molecule has 2 aromatic carbocycles. The molecule has 1 heterocycles. The maximum atomic E-state index is 12.1. The summed E-state index contributed by atoms with van der Waals surface area (Å²) in [5, 5.41) is 4.64. The minimum absolute atomic E-state index is 0.519. The molecule has 0 radical (unpaired) electrons. The zero-order chi connectivity index (χ0) is 22.7. The van der Waals surface area contributed by atoms with Gasteiger partial charge < -0.3 is 15.0 Å². The maximum Gasteiger partial charge on any atom is 0.335 e. The fourth-order valence-electron chi connectivity index (χ4n) is 3.54. The molecule has 0 aliphatic heterocycles. The molecule has 0 aliphatic carbocycles. The van der Waals surface area contributed by atoms with Gasteiger partial charge in [0.05, 0.1) is 7.11 Å². The first-order valence-electron chi connectivity index (χ1n) is 10.2. The SMILES string of the molecule is CON(C)C(=O)C(=O)Nc1cc(C)c(Oc2ccc3[nH]cc(CC(C)C)c3c2)c(C)c1. The Morgan fingerprint density at radius 1 is 1.13 bits per heavy atom. The number of rotatable bonds is 6. The first-order chi connectivity index (χ1) is 14.7. The number of nitrogens with one attached hydrogen (secondary N) is 2. The van der Waals surface area contributed by atoms with E-state index in [2.05, 4.69) is 36.4 Å². The molecule has 0 atom stereocenters. The van der Waals surface area contributed by atoms with Crippen LogP contribution in [0.15, 0.2) is 36.5 Å². The summed E-state index contributed by atoms with van der Waals surface area (Å²) < 4.78 is 6.22. The molecule has 0 fully saturated rings. The molecule has 0 saturated carbocycles. The number of ether oxygens (including phenoxy) is 1. The molecule has 0 bridgehead atoms. The average Bonchev–Trinajstić information content (AvgIpc) is 3.11. The van der Waals surface area contributed by atoms with Crippen molar-refractivity contribution in [3.63, 3.8) is 0 Å². The number of carbonyl (C=O) groups is 2. The van der Waals surface area contributed by atoms with Crippen molar-refractivity contribution in [2.75, 3.05) is 19.5 Å². The zero-order valence-electron chi connectivity index (χ0n) is 18.8. The fraction of sp³-hybridized carbons (Fsp3) is 0.333. The first kappa shape index (κ1) is 22.4. The normalized spacial score (nSPS) is 11.1. The predicted molar refractivity (Wildman–Crippen MR) is 121 cm³/mol. The van der Waals surface area contributed by atoms with Crippen molar-refractivity contribution in [2.45, 2.75) is 34.1 Å². The summed E-state index contributed by atoms with van der Waals surface area (Å²) in [4.78, 5) is 32.1. The third-order valence-electron chi connectivity index (χ3n) is 5.06. The highest BCUT2D eigenvalue weighted by atomic mass is 16.7. The van der Waals surface area contributed by atoms with Gasteiger partial charge in [-0.25, -0.2) is 5.06 Å². The maximum absolute atomic E-state index is 12.1. The molecule has 2 amide bonds. The van der Waals surface area contributed by atoms with Crippen molar-refractivity contribution >= 4 is 28.4 Å². The third kappa shape index (κ3) is 5.06. The van der Waals surface area contributed by atoms with Crippen LogP contribution in [0.1, 0.15) is 30.5 Å². The number of aryl methyl sites for hydroxylation is 2. The second-order valence-corrected chi connectivity index (χ2v) is 8.10. The number of hydrogen-bond donors (Lipinski definition) is 2. The summed E-state index contributed by atoms with van der Waals surface area (Å²) in [6, 6.07) is 9.56. The molecule has 7 nitrogen and oxygen atoms in total. The summed E-state index contributed by atoms with van der Waals surface area (Å²) in [7, 11) is 2.70. The number of aromatic amines is 1. The van der Waals surface area contributed by atoms with Crippen LogP contribution in [0.5, 0.6) is 11.5 Å². The van der Waals surface area contributed by atoms with E-state index in [4.69, 9.17) is 9.57 Å². The van der Waals surface area contributed by atoms with Crippen molar-refractivity contribution in [1.82, 2.24) is 10.0 Å². The number of aromatic nitrogens is 1. The van der Waals surface area contributed by atoms with Gasteiger partial charge in [0.2, 0.25) is 0 Å². The number of nitrogens with zero attached hydrogens (tertiary/aromatic N) is 1. The van der Waals surface area contributed by atoms with Crippen LogP contribution in [-0.2, 0) is 20.8 Å². The number of fused-ring (bicyclic) bond motifs is 1. The molecule has 1 aromatic heterocycles. The molecular weight excluding hydrogens is 394 g/mol. The summed E-state index contributed by atoms with van der Waals surface area (Å²) in [5.41, 5.74) is 4.57. The van der Waals surface area contributed by atoms with Gasteiger partial charge in [-0.05, 0) is 73.2 Å². The molecule has 0 spiro atoms. The highest BCUT2D eigenvalue weighted by molar-refractivity contribution is 6.39. The second kappa shape index (κ2) is 9.22. The van der Waals surface area contributed by atoms with Crippen LogP contribution in [0, 0.1) is 19.8 Å². The van der Waals surface area contributed by atoms with Crippen molar-refractivity contribution in [3.8, 4) is 11.5 Å². The summed E-state index contributed by atoms with van der Waals surface area (Å²) in [6.07, 6.45) is 3.05. The van der Waals surface area contributed by atoms with Gasteiger partial charge in [-0.3, -0.25) is 14.4 Å². The van der Waals surface area contributed by atoms with E-state index in [9.17, 15) is 9.59 Å². The molecule has 7 heteroatoms. The van der Waals surface area contributed by atoms with Gasteiger partial charge in [0, 0.05) is 29.8 Å². The number of likely N-dealkylation sites (N-methyl/N-ethyl adjacent to an activating group) is 1. The van der Waals surface area contributed by atoms with E-state index in [1.54, 1.807) is 12.1 Å². The summed E-state index contributed by atoms with van der Waals surface area (Å²) in [6.45, 7) is 8.21. The zero-order valence-corrected chi connectivity index (χ0v) is 18.8. The Balaban J connectivity index is 1.82. The quantitative estimate of drug-likeness (QED) is 0.443. The molecule has 31 heavy (non-hydrogen) atoms. The number of hydrogen-bond acceptors (Lipinski definition) is 4. The van der Waals surface area contributed by atoms with E-state index in [0.29, 0.717) is 11.6 Å². The monoisotopic (exact) mass is 423 g/mol. The van der Waals surface area contributed by atoms with Crippen LogP contribution in [0.3, 0.4) is 0 Å². The third-order valence-corrected chi connectivity index (χ3v) is 5.06. The highest BCUT2D eigenvalue weighted by Crippen LogP contribution is 2.33. The van der Waals surface area contributed by atoms with Gasteiger partial charge in [-0.15, -0.1) is 0 Å². The highest BCUT2D eigenvalue weighted by Gasteiger charge is 2.19. The number of H-pyrrole nitrogens is 1. The van der Waals surface area contributed by atoms with Gasteiger partial charge in [0.15, 0.2) is 0 Å². The van der Waals surface area contributed by atoms with Crippen LogP contribution in [0.4, 0.5) is 5.69 Å². The lowest BCUT2D eigenvalue weighted by Crippen LogP contribution is -2.36. The number of amides is 2. The number of carbonyl (C=O) groups excluding carboxylic acids is 2. The number of hydroxylamine groups is 2. The Hall–Kier alpha value is -3.32. The fourth-order valence-corrected chi connectivity index (χ4v) is 3.54. The standard InChI is InChI=1S/C24H29N3O4/c1-14(2)9-17-13-25-21-8-7-19(12-20(17)21)31-22-15(3)10-18(11-16(22)4)26-23(28)24(29)27(5)30-6/h7-8,10-14,25H,9H2,1-6H3,(H,26,28). The van der Waals surface area contributed by atoms with Gasteiger partial charge in [-0.1, -0.05) is 13.8 Å². The topological polar surface area (TPSA) is 83.7 Å². The summed E-state index contributed by atoms with van der Waals surface area (Å²) in [5.74, 6) is 0.476. The molecular formula is C24H29N3O4. The number of benzene rings is 2. The van der Waals surface area contributed by atoms with E-state index in [1.807, 2.05) is 26.0 Å². The van der Waals surface area contributed by atoms with Gasteiger partial charge in [0.1, 0.15) is 11.5 Å². The molecule has 164 valence electrons. The van der Waals surface area contributed by atoms with Gasteiger partial charge in [-0.2, -0.15) is 0 Å². The van der Waals surface area contributed by atoms with Gasteiger partial charge in [0.25, 0.3) is 0 Å². The minimum Gasteiger partial charge on any atom is -0.457 e. The molecule has 2 N–H and O–H groups in total. The van der Waals surface area contributed by atoms with E-state index in [1.165, 1.54) is 19.7 Å². The molecule has 0 aliphatic rings. The lowest BCUT2D eigenvalue weighted by molar-refractivity contribution is -0.171. The number of anilines is 1. The van der Waals surface area contributed by atoms with Crippen molar-refractivity contribution in [1.29, 1.82) is 0 Å². The van der Waals surface area contributed by atoms with Crippen molar-refractivity contribution < 1.29 is 19.2 Å². The first-order valence-corrected chi connectivity index (χ1v) is 10.2. The molecule has 0 unspecified atom stereocenters. The Morgan fingerprint density at radius 3 is 2.42 bits per heavy atom. The Bertz CT molecular complexity index is 1090. The van der Waals surface area contributed by atoms with Crippen LogP contribution in [0.25, 0.3) is 10.9 Å². The largest absolute Gasteiger partial charge is 0.457 e. The Morgan fingerprint density at radius 2 is 1.81 bits per heavy atom. The predicted octanol–water partition coefficient (Wildman–Crippen LogP) is 4.73.